The quantitative estimate of drug-likeness (QED) is 0.0353. The molecule has 0 heterocycles. The van der Waals surface area contributed by atoms with E-state index >= 15 is 0 Å². The minimum absolute atomic E-state index is 0. The van der Waals surface area contributed by atoms with Crippen LogP contribution >= 0.6 is 33.0 Å². The van der Waals surface area contributed by atoms with Crippen molar-refractivity contribution in [1.82, 2.24) is 0 Å². The number of unbranched alkanes of at least 4 members (excludes halogenated alkanes) is 20. The summed E-state index contributed by atoms with van der Waals surface area (Å²) in [6, 6.07) is 0. The molecule has 0 saturated heterocycles. The Balaban J connectivity index is -0.000000174. The van der Waals surface area contributed by atoms with Crippen LogP contribution in [-0.2, 0) is 57.4 Å². The van der Waals surface area contributed by atoms with Crippen LogP contribution in [-0.4, -0.2) is 26.4 Å². The zero-order valence-electron chi connectivity index (χ0n) is 30.9. The molecule has 0 fully saturated rings. The van der Waals surface area contributed by atoms with Gasteiger partial charge in [-0.1, -0.05) is 156 Å². The Kier molecular flexibility index (Phi) is 66.9. The van der Waals surface area contributed by atoms with Gasteiger partial charge in [0.15, 0.2) is 0 Å². The van der Waals surface area contributed by atoms with E-state index in [9.17, 15) is 37.8 Å². The summed E-state index contributed by atoms with van der Waals surface area (Å²) in [5, 5.41) is 0. The monoisotopic (exact) mass is 866 g/mol. The van der Waals surface area contributed by atoms with E-state index in [4.69, 9.17) is 0 Å². The first kappa shape index (κ1) is 59.1. The van der Waals surface area contributed by atoms with Gasteiger partial charge in [-0.05, 0) is 43.9 Å². The normalized spacial score (nSPS) is 11.4. The largest absolute Gasteiger partial charge is 4.00 e. The molecule has 0 aliphatic heterocycles. The summed E-state index contributed by atoms with van der Waals surface area (Å²) >= 11 is 0. The third-order valence-corrected chi connectivity index (χ3v) is 8.35. The van der Waals surface area contributed by atoms with Crippen LogP contribution in [0, 0.1) is 0 Å². The Bertz CT molecular complexity index is 587. The van der Waals surface area contributed by atoms with Gasteiger partial charge in [0.05, 0.1) is 0 Å². The van der Waals surface area contributed by atoms with Gasteiger partial charge >= 0.3 is 54.1 Å². The average Bonchev–Trinajstić information content (AvgIpc) is 3.03. The first-order valence-electron chi connectivity index (χ1n) is 18.2. The number of rotatable bonds is 32. The Labute approximate surface area is 317 Å². The van der Waals surface area contributed by atoms with Crippen molar-refractivity contribution in [3.63, 3.8) is 0 Å². The van der Waals surface area contributed by atoms with Crippen LogP contribution in [0.15, 0.2) is 0 Å². The second kappa shape index (κ2) is 55.5. The smallest absolute Gasteiger partial charge is 0.566 e. The second-order valence-corrected chi connectivity index (χ2v) is 14.1. The maximum absolute atomic E-state index is 9.95. The van der Waals surface area contributed by atoms with E-state index in [1.165, 1.54) is 103 Å². The number of hydrogen-bond acceptors (Lipinski definition) is 12. The fourth-order valence-electron chi connectivity index (χ4n) is 4.09. The molecule has 0 spiro atoms. The van der Waals surface area contributed by atoms with E-state index in [1.54, 1.807) is 0 Å². The van der Waals surface area contributed by atoms with Gasteiger partial charge in [0.25, 0.3) is 0 Å². The van der Waals surface area contributed by atoms with Crippen LogP contribution in [0.1, 0.15) is 182 Å². The molecule has 4 unspecified atom stereocenters. The van der Waals surface area contributed by atoms with Gasteiger partial charge < -0.3 is 19.6 Å². The van der Waals surface area contributed by atoms with Crippen molar-refractivity contribution in [3.8, 4) is 0 Å². The van der Waals surface area contributed by atoms with E-state index in [-0.39, 0.29) is 21.1 Å². The predicted octanol–water partition coefficient (Wildman–Crippen LogP) is 9.52. The van der Waals surface area contributed by atoms with E-state index in [0.29, 0.717) is 26.4 Å². The first-order chi connectivity index (χ1) is 23.1. The van der Waals surface area contributed by atoms with E-state index in [2.05, 4.69) is 45.8 Å². The molecule has 290 valence electrons. The summed E-state index contributed by atoms with van der Waals surface area (Å²) in [6.45, 7) is 10.1. The molecule has 0 aromatic rings. The third-order valence-electron chi connectivity index (χ3n) is 6.78. The van der Waals surface area contributed by atoms with Crippen LogP contribution in [0.25, 0.3) is 0 Å². The van der Waals surface area contributed by atoms with Gasteiger partial charge in [-0.25, -0.2) is 0 Å². The van der Waals surface area contributed by atoms with Crippen LogP contribution in [0.4, 0.5) is 0 Å². The third kappa shape index (κ3) is 78.9. The first-order valence-corrected chi connectivity index (χ1v) is 22.6. The Morgan fingerprint density at radius 1 is 0.306 bits per heavy atom. The summed E-state index contributed by atoms with van der Waals surface area (Å²) in [5.41, 5.74) is 0. The summed E-state index contributed by atoms with van der Waals surface area (Å²) < 4.78 is 57.4. The van der Waals surface area contributed by atoms with Crippen molar-refractivity contribution in [1.29, 1.82) is 0 Å². The molecule has 49 heavy (non-hydrogen) atoms. The average molecular weight is 865 g/mol. The molecule has 0 amide bonds. The minimum Gasteiger partial charge on any atom is -0.566 e. The van der Waals surface area contributed by atoms with Crippen molar-refractivity contribution in [2.45, 2.75) is 182 Å². The predicted molar refractivity (Wildman–Crippen MR) is 188 cm³/mol. The second-order valence-electron chi connectivity index (χ2n) is 11.3. The molecule has 0 rings (SSSR count). The van der Waals surface area contributed by atoms with Crippen molar-refractivity contribution >= 4 is 33.0 Å². The Hall–Kier alpha value is 0.768. The molecule has 0 N–H and O–H groups in total. The van der Waals surface area contributed by atoms with Crippen LogP contribution in [0.3, 0.4) is 0 Å². The summed E-state index contributed by atoms with van der Waals surface area (Å²) in [4.78, 5) is 39.8. The standard InChI is InChI=1S/4C8H17O3P.Mo/c4*1-2-3-4-5-6-7-8-11-12(9)10;/h4*2-8H2,1H3;/q;;;;+4. The van der Waals surface area contributed by atoms with E-state index in [0.717, 1.165) is 51.4 Å². The van der Waals surface area contributed by atoms with Gasteiger partial charge in [-0.2, -0.15) is 0 Å². The molecule has 0 bridgehead atoms. The van der Waals surface area contributed by atoms with Crippen LogP contribution in [0.2, 0.25) is 0 Å². The molecule has 0 aliphatic carbocycles. The Morgan fingerprint density at radius 2 is 0.449 bits per heavy atom. The van der Waals surface area contributed by atoms with E-state index in [1.807, 2.05) is 0 Å². The van der Waals surface area contributed by atoms with Crippen molar-refractivity contribution in [3.05, 3.63) is 0 Å². The van der Waals surface area contributed by atoms with Crippen LogP contribution in [0.5, 0.6) is 0 Å². The molecule has 0 radical (unpaired) electrons. The molecular weight excluding hydrogens is 796 g/mol. The Morgan fingerprint density at radius 3 is 0.592 bits per heavy atom. The fourth-order valence-corrected chi connectivity index (χ4v) is 5.20. The number of hydrogen-bond donors (Lipinski definition) is 0. The maximum Gasteiger partial charge on any atom is 4.00 e. The zero-order valence-corrected chi connectivity index (χ0v) is 36.5. The van der Waals surface area contributed by atoms with E-state index < -0.39 is 33.0 Å². The van der Waals surface area contributed by atoms with Crippen molar-refractivity contribution in [2.75, 3.05) is 26.4 Å². The molecule has 0 aliphatic rings. The molecule has 17 heteroatoms. The molecular formula is C32H68MoO12P4+4. The zero-order chi connectivity index (χ0) is 36.9. The molecule has 4 atom stereocenters. The summed E-state index contributed by atoms with van der Waals surface area (Å²) in [5.74, 6) is 0. The minimum atomic E-state index is -2.63. The molecule has 0 aromatic heterocycles. The summed E-state index contributed by atoms with van der Waals surface area (Å²) in [7, 11) is -10.5. The van der Waals surface area contributed by atoms with Gasteiger partial charge in [-0.15, -0.1) is 18.1 Å². The van der Waals surface area contributed by atoms with Crippen molar-refractivity contribution < 1.29 is 77.0 Å². The van der Waals surface area contributed by atoms with Crippen LogP contribution < -0.4 is 19.6 Å². The fraction of sp³-hybridized carbons (Fsp3) is 1.00. The molecule has 0 aromatic carbocycles. The topological polar surface area (TPSA) is 197 Å². The van der Waals surface area contributed by atoms with Gasteiger partial charge in [-0.3, -0.25) is 0 Å². The maximum atomic E-state index is 9.95. The van der Waals surface area contributed by atoms with Gasteiger partial charge in [0, 0.05) is 0 Å². The van der Waals surface area contributed by atoms with Crippen molar-refractivity contribution in [2.24, 2.45) is 0 Å². The van der Waals surface area contributed by atoms with Gasteiger partial charge in [0.2, 0.25) is 0 Å². The van der Waals surface area contributed by atoms with Gasteiger partial charge in [0.1, 0.15) is 26.4 Å². The molecule has 12 nitrogen and oxygen atoms in total. The molecule has 0 saturated carbocycles. The summed E-state index contributed by atoms with van der Waals surface area (Å²) in [6.07, 6.45) is 27.5. The SMILES string of the molecule is CCCCCCCCO[P+](=O)[O-].CCCCCCCCO[P+](=O)[O-].CCCCCCCCO[P+](=O)[O-].CCCCCCCCO[P+](=O)[O-].[Mo+4].